The second-order valence-electron chi connectivity index (χ2n) is 9.70. The van der Waals surface area contributed by atoms with Crippen LogP contribution >= 0.6 is 11.6 Å². The average Bonchev–Trinajstić information content (AvgIpc) is 3.17. The smallest absolute Gasteiger partial charge is 0.490 e. The molecule has 0 unspecified atom stereocenters. The van der Waals surface area contributed by atoms with Crippen LogP contribution in [0.15, 0.2) is 18.2 Å². The summed E-state index contributed by atoms with van der Waals surface area (Å²) >= 11 is 6.22. The molecule has 3 saturated heterocycles. The maximum atomic E-state index is 10.6. The lowest BCUT2D eigenvalue weighted by Gasteiger charge is -2.34. The molecule has 0 bridgehead atoms. The third-order valence-electron chi connectivity index (χ3n) is 6.45. The highest BCUT2D eigenvalue weighted by Gasteiger charge is 2.43. The summed E-state index contributed by atoms with van der Waals surface area (Å²) in [5.41, 5.74) is 0.897. The molecule has 1 aromatic carbocycles. The molecular formula is C25H33ClF6N2O8. The zero-order valence-electron chi connectivity index (χ0n) is 22.7. The Hall–Kier alpha value is -2.37. The average molecular weight is 639 g/mol. The van der Waals surface area contributed by atoms with Crippen molar-refractivity contribution >= 4 is 23.5 Å². The van der Waals surface area contributed by atoms with E-state index in [1.165, 1.54) is 0 Å². The highest BCUT2D eigenvalue weighted by atomic mass is 35.5. The molecule has 3 heterocycles. The lowest BCUT2D eigenvalue weighted by Crippen LogP contribution is -2.46. The number of hydrogen-bond donors (Lipinski definition) is 2. The van der Waals surface area contributed by atoms with Gasteiger partial charge in [0.05, 0.1) is 39.6 Å². The first-order valence-corrected chi connectivity index (χ1v) is 13.1. The van der Waals surface area contributed by atoms with Gasteiger partial charge < -0.3 is 29.2 Å². The van der Waals surface area contributed by atoms with Crippen molar-refractivity contribution in [2.45, 2.75) is 43.4 Å². The van der Waals surface area contributed by atoms with Crippen LogP contribution < -0.4 is 4.74 Å². The van der Waals surface area contributed by atoms with E-state index in [4.69, 9.17) is 50.4 Å². The van der Waals surface area contributed by atoms with E-state index >= 15 is 0 Å². The number of methoxy groups -OCH3 is 1. The molecule has 3 aliphatic heterocycles. The number of aliphatic carboxylic acids is 2. The van der Waals surface area contributed by atoms with E-state index in [9.17, 15) is 26.3 Å². The number of carboxylic acids is 2. The van der Waals surface area contributed by atoms with Crippen LogP contribution in [0.1, 0.15) is 18.4 Å². The van der Waals surface area contributed by atoms with Crippen molar-refractivity contribution < 1.29 is 65.1 Å². The molecule has 0 aromatic heterocycles. The van der Waals surface area contributed by atoms with E-state index in [-0.39, 0.29) is 11.7 Å². The molecule has 1 spiro atoms. The van der Waals surface area contributed by atoms with Crippen LogP contribution in [0.5, 0.6) is 5.75 Å². The summed E-state index contributed by atoms with van der Waals surface area (Å²) in [5.74, 6) is -4.64. The van der Waals surface area contributed by atoms with Crippen LogP contribution in [0.4, 0.5) is 26.3 Å². The molecule has 17 heteroatoms. The van der Waals surface area contributed by atoms with E-state index in [0.717, 1.165) is 88.3 Å². The van der Waals surface area contributed by atoms with Gasteiger partial charge >= 0.3 is 24.3 Å². The Bertz CT molecular complexity index is 1000. The highest BCUT2D eigenvalue weighted by molar-refractivity contribution is 6.30. The van der Waals surface area contributed by atoms with Gasteiger partial charge in [-0.1, -0.05) is 11.6 Å². The van der Waals surface area contributed by atoms with Crippen molar-refractivity contribution in [1.82, 2.24) is 9.80 Å². The maximum absolute atomic E-state index is 10.6. The number of carboxylic acid groups (broad SMARTS) is 2. The molecule has 3 aliphatic rings. The second kappa shape index (κ2) is 15.9. The van der Waals surface area contributed by atoms with Gasteiger partial charge in [0.1, 0.15) is 11.4 Å². The Balaban J connectivity index is 0.000000367. The first kappa shape index (κ1) is 35.8. The number of carbonyl (C=O) groups is 2. The third-order valence-corrected chi connectivity index (χ3v) is 6.69. The van der Waals surface area contributed by atoms with Crippen molar-refractivity contribution in [2.75, 3.05) is 66.3 Å². The van der Waals surface area contributed by atoms with Crippen LogP contribution in [0.3, 0.4) is 0 Å². The molecule has 42 heavy (non-hydrogen) atoms. The van der Waals surface area contributed by atoms with Crippen molar-refractivity contribution in [2.24, 2.45) is 0 Å². The van der Waals surface area contributed by atoms with Crippen molar-refractivity contribution in [3.8, 4) is 5.75 Å². The number of rotatable bonds is 5. The molecule has 0 aliphatic carbocycles. The molecule has 240 valence electrons. The van der Waals surface area contributed by atoms with E-state index in [1.54, 1.807) is 7.11 Å². The largest absolute Gasteiger partial charge is 0.496 e. The van der Waals surface area contributed by atoms with Crippen LogP contribution in [-0.4, -0.2) is 122 Å². The van der Waals surface area contributed by atoms with Crippen LogP contribution in [-0.2, 0) is 30.3 Å². The fraction of sp³-hybridized carbons (Fsp3) is 0.680. The fourth-order valence-electron chi connectivity index (χ4n) is 4.55. The lowest BCUT2D eigenvalue weighted by molar-refractivity contribution is -0.193. The predicted octanol–water partition coefficient (Wildman–Crippen LogP) is 3.70. The summed E-state index contributed by atoms with van der Waals surface area (Å²) in [6, 6.07) is 5.80. The Morgan fingerprint density at radius 1 is 1.00 bits per heavy atom. The van der Waals surface area contributed by atoms with Gasteiger partial charge in [-0.2, -0.15) is 26.3 Å². The van der Waals surface area contributed by atoms with Crippen molar-refractivity contribution in [1.29, 1.82) is 0 Å². The van der Waals surface area contributed by atoms with Crippen molar-refractivity contribution in [3.63, 3.8) is 0 Å². The summed E-state index contributed by atoms with van der Waals surface area (Å²) in [4.78, 5) is 22.7. The minimum atomic E-state index is -5.08. The summed E-state index contributed by atoms with van der Waals surface area (Å²) in [7, 11) is 1.70. The van der Waals surface area contributed by atoms with Gasteiger partial charge in [-0.25, -0.2) is 9.59 Å². The van der Waals surface area contributed by atoms with Gasteiger partial charge in [0.15, 0.2) is 0 Å². The Morgan fingerprint density at radius 3 is 2.10 bits per heavy atom. The number of ether oxygens (including phenoxy) is 4. The van der Waals surface area contributed by atoms with Crippen molar-refractivity contribution in [3.05, 3.63) is 28.8 Å². The van der Waals surface area contributed by atoms with E-state index < -0.39 is 24.3 Å². The topological polar surface area (TPSA) is 118 Å². The first-order chi connectivity index (χ1) is 19.5. The highest BCUT2D eigenvalue weighted by Crippen LogP contribution is 2.34. The SMILES string of the molecule is COc1ccc(Cl)cc1CN1CCOC[C@@]2(CC[C@H](CN3CCOCC3)O2)C1.O=C(O)C(F)(F)F.O=C(O)C(F)(F)F. The Kier molecular flexibility index (Phi) is 13.6. The van der Waals surface area contributed by atoms with Gasteiger partial charge in [0.25, 0.3) is 0 Å². The zero-order chi connectivity index (χ0) is 31.6. The molecule has 0 saturated carbocycles. The zero-order valence-corrected chi connectivity index (χ0v) is 23.4. The van der Waals surface area contributed by atoms with E-state index in [2.05, 4.69) is 9.80 Å². The van der Waals surface area contributed by atoms with Gasteiger partial charge in [-0.05, 0) is 31.0 Å². The molecule has 2 atom stereocenters. The van der Waals surface area contributed by atoms with Crippen LogP contribution in [0, 0.1) is 0 Å². The second-order valence-corrected chi connectivity index (χ2v) is 10.1. The minimum Gasteiger partial charge on any atom is -0.496 e. The minimum absolute atomic E-state index is 0.209. The molecule has 0 amide bonds. The van der Waals surface area contributed by atoms with Crippen LogP contribution in [0.2, 0.25) is 5.02 Å². The Labute approximate surface area is 243 Å². The monoisotopic (exact) mass is 638 g/mol. The van der Waals surface area contributed by atoms with Gasteiger partial charge in [-0.15, -0.1) is 0 Å². The summed E-state index contributed by atoms with van der Waals surface area (Å²) in [6.07, 6.45) is -7.75. The number of alkyl halides is 6. The number of nitrogens with zero attached hydrogens (tertiary/aromatic N) is 2. The number of morpholine rings is 1. The lowest BCUT2D eigenvalue weighted by atomic mass is 9.99. The normalized spacial score (nSPS) is 23.7. The molecule has 4 rings (SSSR count). The molecule has 10 nitrogen and oxygen atoms in total. The van der Waals surface area contributed by atoms with Gasteiger partial charge in [0, 0.05) is 49.9 Å². The molecule has 0 radical (unpaired) electrons. The first-order valence-electron chi connectivity index (χ1n) is 12.8. The van der Waals surface area contributed by atoms with E-state index in [1.807, 2.05) is 18.2 Å². The number of halogens is 7. The van der Waals surface area contributed by atoms with Gasteiger partial charge in [0.2, 0.25) is 0 Å². The van der Waals surface area contributed by atoms with E-state index in [0.29, 0.717) is 6.61 Å². The predicted molar refractivity (Wildman–Crippen MR) is 136 cm³/mol. The Morgan fingerprint density at radius 2 is 1.55 bits per heavy atom. The summed E-state index contributed by atoms with van der Waals surface area (Å²) in [5, 5.41) is 15.0. The van der Waals surface area contributed by atoms with Crippen LogP contribution in [0.25, 0.3) is 0 Å². The summed E-state index contributed by atoms with van der Waals surface area (Å²) in [6.45, 7) is 8.61. The fourth-order valence-corrected chi connectivity index (χ4v) is 4.74. The maximum Gasteiger partial charge on any atom is 0.490 e. The third kappa shape index (κ3) is 12.1. The quantitative estimate of drug-likeness (QED) is 0.463. The molecule has 2 N–H and O–H groups in total. The summed E-state index contributed by atoms with van der Waals surface area (Å²) < 4.78 is 87.0. The number of benzene rings is 1. The van der Waals surface area contributed by atoms with Gasteiger partial charge in [-0.3, -0.25) is 9.80 Å². The molecule has 1 aromatic rings. The molecule has 3 fully saturated rings. The molecular weight excluding hydrogens is 606 g/mol. The number of hydrogen-bond acceptors (Lipinski definition) is 8. The standard InChI is InChI=1S/C21H31ClN2O4.2C2HF3O2/c1-25-20-3-2-18(22)12-17(20)13-24-8-11-27-16-21(15-24)5-4-19(28-21)14-23-6-9-26-10-7-23;2*3-2(4,5)1(6)7/h2-3,12,19H,4-11,13-16H2,1H3;2*(H,6,7)/t19-,21-;;/m1../s1.